The molecule has 90 valence electrons. The van der Waals surface area contributed by atoms with E-state index in [0.717, 1.165) is 0 Å². The highest BCUT2D eigenvalue weighted by Crippen LogP contribution is 2.27. The first-order valence-corrected chi connectivity index (χ1v) is 5.41. The Balaban J connectivity index is 2.73. The van der Waals surface area contributed by atoms with E-state index >= 15 is 0 Å². The van der Waals surface area contributed by atoms with Gasteiger partial charge in [0.2, 0.25) is 0 Å². The van der Waals surface area contributed by atoms with Crippen molar-refractivity contribution in [2.75, 3.05) is 0 Å². The molecular formula is C12H18O4. The largest absolute Gasteiger partial charge is 0.456 e. The predicted octanol–water partition coefficient (Wildman–Crippen LogP) is 1.98. The molecule has 1 saturated heterocycles. The second-order valence-electron chi connectivity index (χ2n) is 4.64. The third-order valence-electron chi connectivity index (χ3n) is 2.60. The molecule has 0 aromatic carbocycles. The first kappa shape index (κ1) is 12.7. The maximum Gasteiger partial charge on any atom is 0.333 e. The first-order chi connectivity index (χ1) is 7.33. The monoisotopic (exact) mass is 226 g/mol. The number of ether oxygens (including phenoxy) is 2. The third kappa shape index (κ3) is 3.08. The number of hydrogen-bond donors (Lipinski definition) is 0. The summed E-state index contributed by atoms with van der Waals surface area (Å²) in [5.74, 6) is -0.671. The standard InChI is InChI=1S/C12H18O4/c1-8(2)11(14)15-9-6-5-7-10(13)16-12(9,3)4/h9H,1,5-7H2,2-4H3. The molecule has 1 heterocycles. The average Bonchev–Trinajstić information content (AvgIpc) is 2.25. The van der Waals surface area contributed by atoms with Gasteiger partial charge in [0.25, 0.3) is 0 Å². The molecule has 1 atom stereocenters. The Bertz CT molecular complexity index is 317. The van der Waals surface area contributed by atoms with Gasteiger partial charge < -0.3 is 9.47 Å². The molecule has 0 aromatic rings. The zero-order valence-electron chi connectivity index (χ0n) is 10.0. The molecule has 0 amide bonds. The van der Waals surface area contributed by atoms with Crippen LogP contribution in [-0.2, 0) is 19.1 Å². The zero-order valence-corrected chi connectivity index (χ0v) is 10.0. The number of carbonyl (C=O) groups is 2. The van der Waals surface area contributed by atoms with Crippen LogP contribution in [0, 0.1) is 0 Å². The topological polar surface area (TPSA) is 52.6 Å². The van der Waals surface area contributed by atoms with Gasteiger partial charge in [0, 0.05) is 12.0 Å². The summed E-state index contributed by atoms with van der Waals surface area (Å²) in [4.78, 5) is 22.7. The van der Waals surface area contributed by atoms with Gasteiger partial charge >= 0.3 is 11.9 Å². The fourth-order valence-electron chi connectivity index (χ4n) is 1.62. The Morgan fingerprint density at radius 1 is 1.56 bits per heavy atom. The summed E-state index contributed by atoms with van der Waals surface area (Å²) < 4.78 is 10.5. The van der Waals surface area contributed by atoms with Gasteiger partial charge in [-0.2, -0.15) is 0 Å². The second kappa shape index (κ2) is 4.68. The Hall–Kier alpha value is -1.32. The van der Waals surface area contributed by atoms with Crippen molar-refractivity contribution >= 4 is 11.9 Å². The molecular weight excluding hydrogens is 208 g/mol. The van der Waals surface area contributed by atoms with E-state index in [1.165, 1.54) is 0 Å². The first-order valence-electron chi connectivity index (χ1n) is 5.41. The van der Waals surface area contributed by atoms with Crippen molar-refractivity contribution in [3.8, 4) is 0 Å². The number of hydrogen-bond acceptors (Lipinski definition) is 4. The molecule has 1 unspecified atom stereocenters. The zero-order chi connectivity index (χ0) is 12.3. The van der Waals surface area contributed by atoms with E-state index < -0.39 is 17.7 Å². The average molecular weight is 226 g/mol. The van der Waals surface area contributed by atoms with Gasteiger partial charge in [-0.15, -0.1) is 0 Å². The summed E-state index contributed by atoms with van der Waals surface area (Å²) >= 11 is 0. The Morgan fingerprint density at radius 3 is 2.75 bits per heavy atom. The van der Waals surface area contributed by atoms with Gasteiger partial charge in [0.05, 0.1) is 0 Å². The summed E-state index contributed by atoms with van der Waals surface area (Å²) in [7, 11) is 0. The van der Waals surface area contributed by atoms with Crippen molar-refractivity contribution in [2.24, 2.45) is 0 Å². The minimum absolute atomic E-state index is 0.237. The minimum atomic E-state index is -0.765. The molecule has 0 bridgehead atoms. The van der Waals surface area contributed by atoms with Crippen LogP contribution in [0.2, 0.25) is 0 Å². The highest BCUT2D eigenvalue weighted by Gasteiger charge is 2.38. The van der Waals surface area contributed by atoms with Crippen LogP contribution in [-0.4, -0.2) is 23.6 Å². The lowest BCUT2D eigenvalue weighted by atomic mass is 9.97. The summed E-state index contributed by atoms with van der Waals surface area (Å²) in [6.45, 7) is 8.63. The Kier molecular flexibility index (Phi) is 3.73. The quantitative estimate of drug-likeness (QED) is 0.533. The van der Waals surface area contributed by atoms with Crippen molar-refractivity contribution in [1.29, 1.82) is 0 Å². The number of carbonyl (C=O) groups excluding carboxylic acids is 2. The van der Waals surface area contributed by atoms with Crippen LogP contribution < -0.4 is 0 Å². The normalized spacial score (nSPS) is 24.2. The van der Waals surface area contributed by atoms with Crippen molar-refractivity contribution in [2.45, 2.75) is 51.7 Å². The molecule has 1 aliphatic heterocycles. The van der Waals surface area contributed by atoms with E-state index in [1.807, 2.05) is 0 Å². The van der Waals surface area contributed by atoms with E-state index in [0.29, 0.717) is 24.8 Å². The molecule has 0 spiro atoms. The highest BCUT2D eigenvalue weighted by molar-refractivity contribution is 5.87. The number of esters is 2. The molecule has 1 fully saturated rings. The van der Waals surface area contributed by atoms with Crippen molar-refractivity contribution in [3.63, 3.8) is 0 Å². The van der Waals surface area contributed by atoms with Crippen LogP contribution in [0.4, 0.5) is 0 Å². The molecule has 4 nitrogen and oxygen atoms in total. The highest BCUT2D eigenvalue weighted by atomic mass is 16.6. The maximum absolute atomic E-state index is 11.4. The van der Waals surface area contributed by atoms with Crippen LogP contribution in [0.15, 0.2) is 12.2 Å². The fourth-order valence-corrected chi connectivity index (χ4v) is 1.62. The molecule has 0 radical (unpaired) electrons. The molecule has 1 aliphatic rings. The summed E-state index contributed by atoms with van der Waals surface area (Å²) in [5.41, 5.74) is -0.412. The lowest BCUT2D eigenvalue weighted by Crippen LogP contribution is -2.42. The van der Waals surface area contributed by atoms with Crippen LogP contribution in [0.1, 0.15) is 40.0 Å². The summed E-state index contributed by atoms with van der Waals surface area (Å²) in [5, 5.41) is 0. The van der Waals surface area contributed by atoms with E-state index in [4.69, 9.17) is 9.47 Å². The van der Waals surface area contributed by atoms with Gasteiger partial charge in [-0.1, -0.05) is 6.58 Å². The van der Waals surface area contributed by atoms with Gasteiger partial charge in [-0.25, -0.2) is 4.79 Å². The van der Waals surface area contributed by atoms with E-state index in [-0.39, 0.29) is 5.97 Å². The van der Waals surface area contributed by atoms with Gasteiger partial charge in [0.1, 0.15) is 11.7 Å². The minimum Gasteiger partial charge on any atom is -0.456 e. The fraction of sp³-hybridized carbons (Fsp3) is 0.667. The SMILES string of the molecule is C=C(C)C(=O)OC1CCCC(=O)OC1(C)C. The Morgan fingerprint density at radius 2 is 2.19 bits per heavy atom. The van der Waals surface area contributed by atoms with Gasteiger partial charge in [-0.05, 0) is 33.6 Å². The second-order valence-corrected chi connectivity index (χ2v) is 4.64. The Labute approximate surface area is 95.6 Å². The molecule has 0 aromatic heterocycles. The summed E-state index contributed by atoms with van der Waals surface area (Å²) in [6, 6.07) is 0. The van der Waals surface area contributed by atoms with Gasteiger partial charge in [0.15, 0.2) is 0 Å². The number of rotatable bonds is 2. The number of cyclic esters (lactones) is 1. The molecule has 0 N–H and O–H groups in total. The maximum atomic E-state index is 11.4. The molecule has 0 saturated carbocycles. The van der Waals surface area contributed by atoms with E-state index in [9.17, 15) is 9.59 Å². The lowest BCUT2D eigenvalue weighted by Gasteiger charge is -2.31. The van der Waals surface area contributed by atoms with Crippen molar-refractivity contribution < 1.29 is 19.1 Å². The third-order valence-corrected chi connectivity index (χ3v) is 2.60. The summed E-state index contributed by atoms with van der Waals surface area (Å²) in [6.07, 6.45) is 1.29. The van der Waals surface area contributed by atoms with E-state index in [2.05, 4.69) is 6.58 Å². The molecule has 0 aliphatic carbocycles. The smallest absolute Gasteiger partial charge is 0.333 e. The van der Waals surface area contributed by atoms with Gasteiger partial charge in [-0.3, -0.25) is 4.79 Å². The van der Waals surface area contributed by atoms with E-state index in [1.54, 1.807) is 20.8 Å². The van der Waals surface area contributed by atoms with Crippen LogP contribution >= 0.6 is 0 Å². The predicted molar refractivity (Wildman–Crippen MR) is 58.7 cm³/mol. The van der Waals surface area contributed by atoms with Crippen LogP contribution in [0.25, 0.3) is 0 Å². The molecule has 4 heteroatoms. The van der Waals surface area contributed by atoms with Crippen molar-refractivity contribution in [3.05, 3.63) is 12.2 Å². The van der Waals surface area contributed by atoms with Crippen LogP contribution in [0.5, 0.6) is 0 Å². The molecule has 1 rings (SSSR count). The van der Waals surface area contributed by atoms with Crippen LogP contribution in [0.3, 0.4) is 0 Å². The lowest BCUT2D eigenvalue weighted by molar-refractivity contribution is -0.175. The molecule has 16 heavy (non-hydrogen) atoms. The van der Waals surface area contributed by atoms with Crippen molar-refractivity contribution in [1.82, 2.24) is 0 Å².